The van der Waals surface area contributed by atoms with E-state index in [-0.39, 0.29) is 17.4 Å². The van der Waals surface area contributed by atoms with Gasteiger partial charge in [-0.2, -0.15) is 13.2 Å². The Morgan fingerprint density at radius 2 is 1.32 bits per heavy atom. The average Bonchev–Trinajstić information content (AvgIpc) is 2.68. The maximum absolute atomic E-state index is 12.6. The quantitative estimate of drug-likeness (QED) is 0.675. The summed E-state index contributed by atoms with van der Waals surface area (Å²) in [6, 6.07) is 9.59. The van der Waals surface area contributed by atoms with Crippen LogP contribution in [0.2, 0.25) is 0 Å². The van der Waals surface area contributed by atoms with Crippen molar-refractivity contribution in [2.45, 2.75) is 13.1 Å². The van der Waals surface area contributed by atoms with E-state index >= 15 is 0 Å². The first-order valence-electron chi connectivity index (χ1n) is 8.69. The van der Waals surface area contributed by atoms with Gasteiger partial charge < -0.3 is 9.80 Å². The van der Waals surface area contributed by atoms with Gasteiger partial charge in [0.15, 0.2) is 0 Å². The predicted molar refractivity (Wildman–Crippen MR) is 102 cm³/mol. The molecule has 1 aliphatic heterocycles. The van der Waals surface area contributed by atoms with Gasteiger partial charge in [0.2, 0.25) is 0 Å². The molecule has 0 bridgehead atoms. The van der Waals surface area contributed by atoms with E-state index in [0.717, 1.165) is 22.2 Å². The van der Waals surface area contributed by atoms with Crippen molar-refractivity contribution in [1.29, 1.82) is 0 Å². The maximum Gasteiger partial charge on any atom is 0.416 e. The molecule has 2 aromatic carbocycles. The summed E-state index contributed by atoms with van der Waals surface area (Å²) in [7, 11) is 0. The van der Waals surface area contributed by atoms with Crippen molar-refractivity contribution in [3.05, 3.63) is 69.2 Å². The zero-order valence-electron chi connectivity index (χ0n) is 15.1. The molecule has 0 aliphatic carbocycles. The van der Waals surface area contributed by atoms with Gasteiger partial charge in [-0.05, 0) is 48.9 Å². The van der Waals surface area contributed by atoms with Crippen LogP contribution in [0.15, 0.2) is 46.9 Å². The van der Waals surface area contributed by atoms with E-state index < -0.39 is 11.7 Å². The number of hydrogen-bond donors (Lipinski definition) is 0. The molecule has 2 amide bonds. The number of rotatable bonds is 2. The molecule has 0 aromatic heterocycles. The highest BCUT2D eigenvalue weighted by atomic mass is 79.9. The maximum atomic E-state index is 12.6. The van der Waals surface area contributed by atoms with Crippen LogP contribution in [0.25, 0.3) is 0 Å². The van der Waals surface area contributed by atoms with Gasteiger partial charge in [-0.3, -0.25) is 9.59 Å². The number of carbonyl (C=O) groups excluding carboxylic acids is 2. The third kappa shape index (κ3) is 4.38. The van der Waals surface area contributed by atoms with Crippen molar-refractivity contribution >= 4 is 27.7 Å². The Labute approximate surface area is 169 Å². The van der Waals surface area contributed by atoms with Crippen LogP contribution in [0.1, 0.15) is 31.8 Å². The van der Waals surface area contributed by atoms with E-state index in [2.05, 4.69) is 15.9 Å². The minimum atomic E-state index is -4.43. The molecule has 3 rings (SSSR count). The highest BCUT2D eigenvalue weighted by molar-refractivity contribution is 9.10. The molecule has 1 fully saturated rings. The summed E-state index contributed by atoms with van der Waals surface area (Å²) < 4.78 is 38.8. The summed E-state index contributed by atoms with van der Waals surface area (Å²) in [5.41, 5.74) is 1.02. The second-order valence-corrected chi connectivity index (χ2v) is 7.48. The van der Waals surface area contributed by atoms with Crippen LogP contribution in [0.4, 0.5) is 13.2 Å². The van der Waals surface area contributed by atoms with Gasteiger partial charge in [-0.15, -0.1) is 0 Å². The fourth-order valence-corrected chi connectivity index (χ4v) is 3.38. The van der Waals surface area contributed by atoms with Gasteiger partial charge in [-0.1, -0.05) is 22.0 Å². The lowest BCUT2D eigenvalue weighted by Gasteiger charge is -2.35. The molecule has 1 heterocycles. The van der Waals surface area contributed by atoms with Crippen molar-refractivity contribution in [1.82, 2.24) is 9.80 Å². The molecule has 0 saturated carbocycles. The molecule has 0 unspecified atom stereocenters. The molecule has 28 heavy (non-hydrogen) atoms. The van der Waals surface area contributed by atoms with E-state index in [1.165, 1.54) is 12.1 Å². The summed E-state index contributed by atoms with van der Waals surface area (Å²) in [5, 5.41) is 0. The fourth-order valence-electron chi connectivity index (χ4n) is 3.01. The number of benzene rings is 2. The van der Waals surface area contributed by atoms with Gasteiger partial charge >= 0.3 is 6.18 Å². The Hall–Kier alpha value is -2.35. The largest absolute Gasteiger partial charge is 0.416 e. The van der Waals surface area contributed by atoms with Crippen LogP contribution in [0, 0.1) is 6.92 Å². The van der Waals surface area contributed by atoms with E-state index in [0.29, 0.717) is 31.7 Å². The standard InChI is InChI=1S/C20H18BrF3N2O2/c1-13-2-3-15(12-17(13)21)19(28)26-10-8-25(9-11-26)18(27)14-4-6-16(7-5-14)20(22,23)24/h2-7,12H,8-11H2,1H3. The molecular formula is C20H18BrF3N2O2. The topological polar surface area (TPSA) is 40.6 Å². The lowest BCUT2D eigenvalue weighted by Crippen LogP contribution is -2.50. The average molecular weight is 455 g/mol. The molecule has 2 aromatic rings. The van der Waals surface area contributed by atoms with Crippen LogP contribution in [0.5, 0.6) is 0 Å². The van der Waals surface area contributed by atoms with Crippen molar-refractivity contribution in [3.63, 3.8) is 0 Å². The van der Waals surface area contributed by atoms with E-state index in [4.69, 9.17) is 0 Å². The first-order valence-corrected chi connectivity index (χ1v) is 9.48. The first-order chi connectivity index (χ1) is 13.2. The van der Waals surface area contributed by atoms with E-state index in [1.807, 2.05) is 13.0 Å². The molecule has 148 valence electrons. The number of amides is 2. The van der Waals surface area contributed by atoms with Crippen molar-refractivity contribution in [2.75, 3.05) is 26.2 Å². The smallest absolute Gasteiger partial charge is 0.335 e. The van der Waals surface area contributed by atoms with Crippen LogP contribution < -0.4 is 0 Å². The number of carbonyl (C=O) groups is 2. The molecular weight excluding hydrogens is 437 g/mol. The lowest BCUT2D eigenvalue weighted by molar-refractivity contribution is -0.137. The van der Waals surface area contributed by atoms with E-state index in [9.17, 15) is 22.8 Å². The summed E-state index contributed by atoms with van der Waals surface area (Å²) >= 11 is 3.42. The molecule has 0 atom stereocenters. The van der Waals surface area contributed by atoms with Crippen LogP contribution in [-0.4, -0.2) is 47.8 Å². The van der Waals surface area contributed by atoms with Crippen molar-refractivity contribution in [2.24, 2.45) is 0 Å². The van der Waals surface area contributed by atoms with Gasteiger partial charge in [-0.25, -0.2) is 0 Å². The van der Waals surface area contributed by atoms with Crippen LogP contribution in [-0.2, 0) is 6.18 Å². The third-order valence-corrected chi connectivity index (χ3v) is 5.59. The highest BCUT2D eigenvalue weighted by Gasteiger charge is 2.31. The molecule has 0 spiro atoms. The summed E-state index contributed by atoms with van der Waals surface area (Å²) in [6.45, 7) is 3.34. The SMILES string of the molecule is Cc1ccc(C(=O)N2CCN(C(=O)c3ccc(C(F)(F)F)cc3)CC2)cc1Br. The Morgan fingerprint density at radius 3 is 1.79 bits per heavy atom. The van der Waals surface area contributed by atoms with Crippen LogP contribution >= 0.6 is 15.9 Å². The van der Waals surface area contributed by atoms with Gasteiger partial charge in [0.1, 0.15) is 0 Å². The molecule has 0 N–H and O–H groups in total. The van der Waals surface area contributed by atoms with Crippen molar-refractivity contribution < 1.29 is 22.8 Å². The Bertz CT molecular complexity index is 889. The first kappa shape index (κ1) is 20.4. The van der Waals surface area contributed by atoms with E-state index in [1.54, 1.807) is 21.9 Å². The minimum absolute atomic E-state index is 0.109. The molecule has 1 saturated heterocycles. The zero-order chi connectivity index (χ0) is 20.5. The summed E-state index contributed by atoms with van der Waals surface area (Å²) in [4.78, 5) is 28.4. The number of nitrogens with zero attached hydrogens (tertiary/aromatic N) is 2. The number of halogens is 4. The predicted octanol–water partition coefficient (Wildman–Crippen LogP) is 4.37. The molecule has 0 radical (unpaired) electrons. The Balaban J connectivity index is 1.62. The molecule has 1 aliphatic rings. The molecule has 8 heteroatoms. The highest BCUT2D eigenvalue weighted by Crippen LogP contribution is 2.29. The monoisotopic (exact) mass is 454 g/mol. The fraction of sp³-hybridized carbons (Fsp3) is 0.300. The van der Waals surface area contributed by atoms with Gasteiger partial charge in [0.05, 0.1) is 5.56 Å². The number of aryl methyl sites for hydroxylation is 1. The summed E-state index contributed by atoms with van der Waals surface area (Å²) in [5.74, 6) is -0.443. The second kappa shape index (κ2) is 7.95. The van der Waals surface area contributed by atoms with Crippen LogP contribution in [0.3, 0.4) is 0 Å². The Kier molecular flexibility index (Phi) is 5.79. The van der Waals surface area contributed by atoms with Crippen molar-refractivity contribution in [3.8, 4) is 0 Å². The van der Waals surface area contributed by atoms with Gasteiger partial charge in [0, 0.05) is 41.8 Å². The zero-order valence-corrected chi connectivity index (χ0v) is 16.7. The minimum Gasteiger partial charge on any atom is -0.335 e. The lowest BCUT2D eigenvalue weighted by atomic mass is 10.1. The molecule has 4 nitrogen and oxygen atoms in total. The Morgan fingerprint density at radius 1 is 0.857 bits per heavy atom. The van der Waals surface area contributed by atoms with Gasteiger partial charge in [0.25, 0.3) is 11.8 Å². The number of alkyl halides is 3. The summed E-state index contributed by atoms with van der Waals surface area (Å²) in [6.07, 6.45) is -4.43. The number of hydrogen-bond acceptors (Lipinski definition) is 2. The third-order valence-electron chi connectivity index (χ3n) is 4.73. The number of piperazine rings is 1. The normalized spacial score (nSPS) is 14.9. The second-order valence-electron chi connectivity index (χ2n) is 6.62.